The molecule has 19 heavy (non-hydrogen) atoms. The van der Waals surface area contributed by atoms with Crippen molar-refractivity contribution < 1.29 is 0 Å². The van der Waals surface area contributed by atoms with Gasteiger partial charge in [0, 0.05) is 24.8 Å². The van der Waals surface area contributed by atoms with Crippen molar-refractivity contribution in [3.8, 4) is 0 Å². The quantitative estimate of drug-likeness (QED) is 0.758. The lowest BCUT2D eigenvalue weighted by Gasteiger charge is -2.32. The summed E-state index contributed by atoms with van der Waals surface area (Å²) in [6.07, 6.45) is 3.72. The van der Waals surface area contributed by atoms with Crippen LogP contribution in [0.2, 0.25) is 0 Å². The molecule has 1 atom stereocenters. The van der Waals surface area contributed by atoms with Gasteiger partial charge in [-0.05, 0) is 50.9 Å². The van der Waals surface area contributed by atoms with E-state index in [1.807, 2.05) is 7.05 Å². The minimum absolute atomic E-state index is 0.611. The molecule has 1 rings (SSSR count). The van der Waals surface area contributed by atoms with Gasteiger partial charge in [-0.3, -0.25) is 0 Å². The molecule has 0 radical (unpaired) electrons. The number of anilines is 1. The molecule has 0 heterocycles. The van der Waals surface area contributed by atoms with Crippen LogP contribution in [-0.4, -0.2) is 19.6 Å². The van der Waals surface area contributed by atoms with E-state index in [1.165, 1.54) is 36.1 Å². The maximum absolute atomic E-state index is 3.21. The molecular weight excluding hydrogens is 232 g/mol. The molecule has 108 valence electrons. The molecule has 1 aromatic rings. The smallest absolute Gasteiger partial charge is 0.0398 e. The highest BCUT2D eigenvalue weighted by molar-refractivity contribution is 5.55. The van der Waals surface area contributed by atoms with Crippen LogP contribution in [0.15, 0.2) is 18.2 Å². The molecule has 1 aromatic carbocycles. The number of benzene rings is 1. The molecule has 2 nitrogen and oxygen atoms in total. The van der Waals surface area contributed by atoms with E-state index >= 15 is 0 Å². The molecule has 0 amide bonds. The Balaban J connectivity index is 2.94. The van der Waals surface area contributed by atoms with Gasteiger partial charge in [0.1, 0.15) is 0 Å². The lowest BCUT2D eigenvalue weighted by molar-refractivity contribution is 0.594. The molecule has 1 unspecified atom stereocenters. The molecule has 0 bridgehead atoms. The van der Waals surface area contributed by atoms with Crippen LogP contribution in [0.25, 0.3) is 0 Å². The zero-order valence-electron chi connectivity index (χ0n) is 13.3. The van der Waals surface area contributed by atoms with Gasteiger partial charge in [-0.25, -0.2) is 0 Å². The van der Waals surface area contributed by atoms with Crippen molar-refractivity contribution in [3.05, 3.63) is 29.3 Å². The van der Waals surface area contributed by atoms with Gasteiger partial charge in [-0.2, -0.15) is 0 Å². The number of rotatable bonds is 8. The third-order valence-corrected chi connectivity index (χ3v) is 3.83. The first-order valence-corrected chi connectivity index (χ1v) is 7.64. The fourth-order valence-electron chi connectivity index (χ4n) is 2.48. The van der Waals surface area contributed by atoms with Crippen LogP contribution in [0.3, 0.4) is 0 Å². The molecule has 2 heteroatoms. The number of nitrogens with one attached hydrogen (secondary N) is 1. The van der Waals surface area contributed by atoms with Crippen LogP contribution in [0.5, 0.6) is 0 Å². The van der Waals surface area contributed by atoms with Crippen molar-refractivity contribution >= 4 is 5.69 Å². The molecule has 0 aliphatic rings. The molecule has 0 aliphatic heterocycles. The summed E-state index contributed by atoms with van der Waals surface area (Å²) in [6.45, 7) is 11.2. The van der Waals surface area contributed by atoms with Gasteiger partial charge in [0.15, 0.2) is 0 Å². The lowest BCUT2D eigenvalue weighted by atomic mass is 10.1. The number of hydrogen-bond acceptors (Lipinski definition) is 2. The van der Waals surface area contributed by atoms with Gasteiger partial charge >= 0.3 is 0 Å². The largest absolute Gasteiger partial charge is 0.369 e. The summed E-state index contributed by atoms with van der Waals surface area (Å²) in [5.74, 6) is 0. The van der Waals surface area contributed by atoms with Crippen LogP contribution >= 0.6 is 0 Å². The molecule has 0 saturated heterocycles. The van der Waals surface area contributed by atoms with Crippen LogP contribution in [-0.2, 0) is 6.54 Å². The average Bonchev–Trinajstić information content (AvgIpc) is 2.41. The van der Waals surface area contributed by atoms with Crippen LogP contribution < -0.4 is 10.2 Å². The van der Waals surface area contributed by atoms with Crippen molar-refractivity contribution in [2.45, 2.75) is 59.5 Å². The zero-order chi connectivity index (χ0) is 14.3. The zero-order valence-corrected chi connectivity index (χ0v) is 13.3. The predicted molar refractivity (Wildman–Crippen MR) is 85.9 cm³/mol. The highest BCUT2D eigenvalue weighted by atomic mass is 15.2. The van der Waals surface area contributed by atoms with Crippen molar-refractivity contribution in [2.75, 3.05) is 18.5 Å². The summed E-state index contributed by atoms with van der Waals surface area (Å²) in [5, 5.41) is 3.21. The van der Waals surface area contributed by atoms with E-state index in [0.29, 0.717) is 6.04 Å². The van der Waals surface area contributed by atoms with E-state index in [2.05, 4.69) is 56.1 Å². The van der Waals surface area contributed by atoms with Crippen LogP contribution in [0.1, 0.15) is 51.2 Å². The Morgan fingerprint density at radius 3 is 2.53 bits per heavy atom. The number of aryl methyl sites for hydroxylation is 1. The monoisotopic (exact) mass is 262 g/mol. The fourth-order valence-corrected chi connectivity index (χ4v) is 2.48. The molecule has 0 aromatic heterocycles. The Morgan fingerprint density at radius 1 is 1.26 bits per heavy atom. The van der Waals surface area contributed by atoms with Crippen molar-refractivity contribution in [2.24, 2.45) is 0 Å². The van der Waals surface area contributed by atoms with Gasteiger partial charge in [-0.15, -0.1) is 0 Å². The normalized spacial score (nSPS) is 12.5. The highest BCUT2D eigenvalue weighted by Gasteiger charge is 2.14. The summed E-state index contributed by atoms with van der Waals surface area (Å²) in [4.78, 5) is 2.57. The molecule has 0 aliphatic carbocycles. The summed E-state index contributed by atoms with van der Waals surface area (Å²) in [7, 11) is 2.00. The third-order valence-electron chi connectivity index (χ3n) is 3.83. The second-order valence-corrected chi connectivity index (χ2v) is 5.46. The number of nitrogens with zero attached hydrogens (tertiary/aromatic N) is 1. The maximum atomic E-state index is 3.21. The van der Waals surface area contributed by atoms with Crippen LogP contribution in [0.4, 0.5) is 5.69 Å². The van der Waals surface area contributed by atoms with Gasteiger partial charge in [0.25, 0.3) is 0 Å². The van der Waals surface area contributed by atoms with Gasteiger partial charge in [0.2, 0.25) is 0 Å². The average molecular weight is 262 g/mol. The van der Waals surface area contributed by atoms with Crippen molar-refractivity contribution in [3.63, 3.8) is 0 Å². The lowest BCUT2D eigenvalue weighted by Crippen LogP contribution is -2.34. The Kier molecular flexibility index (Phi) is 6.93. The molecule has 1 N–H and O–H groups in total. The van der Waals surface area contributed by atoms with Gasteiger partial charge in [0.05, 0.1) is 0 Å². The first-order valence-electron chi connectivity index (χ1n) is 7.64. The summed E-state index contributed by atoms with van der Waals surface area (Å²) >= 11 is 0. The summed E-state index contributed by atoms with van der Waals surface area (Å²) < 4.78 is 0. The summed E-state index contributed by atoms with van der Waals surface area (Å²) in [6, 6.07) is 7.47. The van der Waals surface area contributed by atoms with E-state index in [9.17, 15) is 0 Å². The molecule has 0 fully saturated rings. The third kappa shape index (κ3) is 4.54. The van der Waals surface area contributed by atoms with E-state index < -0.39 is 0 Å². The highest BCUT2D eigenvalue weighted by Crippen LogP contribution is 2.25. The molecular formula is C17H30N2. The van der Waals surface area contributed by atoms with Gasteiger partial charge < -0.3 is 10.2 Å². The van der Waals surface area contributed by atoms with Gasteiger partial charge in [-0.1, -0.05) is 32.4 Å². The first kappa shape index (κ1) is 16.0. The number of unbranched alkanes of at least 4 members (excludes halogenated alkanes) is 1. The minimum atomic E-state index is 0.611. The fraction of sp³-hybridized carbons (Fsp3) is 0.647. The Morgan fingerprint density at radius 2 is 2.00 bits per heavy atom. The molecule has 0 saturated carbocycles. The first-order chi connectivity index (χ1) is 9.13. The Hall–Kier alpha value is -1.02. The standard InChI is InChI=1S/C17H30N2/c1-6-8-11-19(15(4)7-2)17-10-9-16(13-18-5)12-14(17)3/h9-10,12,15,18H,6-8,11,13H2,1-5H3. The van der Waals surface area contributed by atoms with Crippen LogP contribution in [0, 0.1) is 6.92 Å². The van der Waals surface area contributed by atoms with E-state index in [0.717, 1.165) is 13.1 Å². The van der Waals surface area contributed by atoms with Crippen molar-refractivity contribution in [1.82, 2.24) is 5.32 Å². The topological polar surface area (TPSA) is 15.3 Å². The van der Waals surface area contributed by atoms with Crippen molar-refractivity contribution in [1.29, 1.82) is 0 Å². The number of hydrogen-bond donors (Lipinski definition) is 1. The Labute approximate surface area is 119 Å². The second kappa shape index (κ2) is 8.21. The predicted octanol–water partition coefficient (Wildman–Crippen LogP) is 4.12. The maximum Gasteiger partial charge on any atom is 0.0398 e. The minimum Gasteiger partial charge on any atom is -0.369 e. The summed E-state index contributed by atoms with van der Waals surface area (Å²) in [5.41, 5.74) is 4.16. The SMILES string of the molecule is CCCCN(c1ccc(CNC)cc1C)C(C)CC. The van der Waals surface area contributed by atoms with E-state index in [4.69, 9.17) is 0 Å². The Bertz CT molecular complexity index is 374. The van der Waals surface area contributed by atoms with E-state index in [-0.39, 0.29) is 0 Å². The van der Waals surface area contributed by atoms with E-state index in [1.54, 1.807) is 0 Å². The molecule has 0 spiro atoms. The second-order valence-electron chi connectivity index (χ2n) is 5.46.